The number of halogens is 4. The number of hydrogen-bond acceptors (Lipinski definition) is 9. The summed E-state index contributed by atoms with van der Waals surface area (Å²) in [6, 6.07) is 2.82. The molecule has 0 saturated carbocycles. The lowest BCUT2D eigenvalue weighted by atomic mass is 9.85. The van der Waals surface area contributed by atoms with E-state index in [4.69, 9.17) is 21.5 Å². The van der Waals surface area contributed by atoms with Gasteiger partial charge in [-0.1, -0.05) is 38.0 Å². The summed E-state index contributed by atoms with van der Waals surface area (Å²) in [4.78, 5) is 28.1. The Kier molecular flexibility index (Phi) is 8.95. The van der Waals surface area contributed by atoms with Gasteiger partial charge in [-0.05, 0) is 29.2 Å². The molecule has 1 unspecified atom stereocenters. The molecule has 33 heavy (non-hydrogen) atoms. The molecule has 0 saturated heterocycles. The van der Waals surface area contributed by atoms with Gasteiger partial charge in [-0.15, -0.1) is 0 Å². The van der Waals surface area contributed by atoms with Crippen LogP contribution >= 0.6 is 11.6 Å². The predicted octanol–water partition coefficient (Wildman–Crippen LogP) is 4.30. The first-order chi connectivity index (χ1) is 15.3. The monoisotopic (exact) mass is 497 g/mol. The van der Waals surface area contributed by atoms with Gasteiger partial charge in [-0.2, -0.15) is 13.2 Å². The topological polar surface area (TPSA) is 113 Å². The van der Waals surface area contributed by atoms with Crippen LogP contribution < -0.4 is 10.4 Å². The van der Waals surface area contributed by atoms with Crippen LogP contribution in [0.15, 0.2) is 17.7 Å². The van der Waals surface area contributed by atoms with Gasteiger partial charge in [0.2, 0.25) is 12.9 Å². The van der Waals surface area contributed by atoms with E-state index in [1.54, 1.807) is 0 Å². The van der Waals surface area contributed by atoms with Gasteiger partial charge >= 0.3 is 18.3 Å². The van der Waals surface area contributed by atoms with Crippen molar-refractivity contribution >= 4 is 29.8 Å². The molecule has 0 spiro atoms. The fourth-order valence-electron chi connectivity index (χ4n) is 2.79. The smallest absolute Gasteiger partial charge is 0.475 e. The molecule has 0 radical (unpaired) electrons. The van der Waals surface area contributed by atoms with Crippen LogP contribution in [-0.4, -0.2) is 49.6 Å². The van der Waals surface area contributed by atoms with Crippen LogP contribution in [0.5, 0.6) is 5.75 Å². The van der Waals surface area contributed by atoms with E-state index < -0.39 is 42.2 Å². The van der Waals surface area contributed by atoms with Crippen molar-refractivity contribution in [1.29, 1.82) is 0 Å². The molecule has 184 valence electrons. The maximum Gasteiger partial charge on any atom is 0.511 e. The van der Waals surface area contributed by atoms with Crippen LogP contribution in [0.2, 0.25) is 5.02 Å². The number of fused-ring (bicyclic) bond motifs is 1. The Morgan fingerprint density at radius 3 is 2.45 bits per heavy atom. The molecule has 1 heterocycles. The van der Waals surface area contributed by atoms with Gasteiger partial charge in [0.25, 0.3) is 0 Å². The van der Waals surface area contributed by atoms with Crippen molar-refractivity contribution < 1.29 is 51.8 Å². The number of carbonyl (C=O) groups is 2. The third kappa shape index (κ3) is 7.49. The molecule has 1 aliphatic heterocycles. The summed E-state index contributed by atoms with van der Waals surface area (Å²) in [5.74, 6) is -1.47. The maximum absolute atomic E-state index is 13.6. The highest BCUT2D eigenvalue weighted by Crippen LogP contribution is 2.42. The molecule has 2 rings (SSSR count). The third-order valence-electron chi connectivity index (χ3n) is 4.32. The molecule has 2 N–H and O–H groups in total. The second-order valence-corrected chi connectivity index (χ2v) is 8.25. The summed E-state index contributed by atoms with van der Waals surface area (Å²) in [6.45, 7) is 4.42. The molecular weight excluding hydrogens is 475 g/mol. The first kappa shape index (κ1) is 26.7. The lowest BCUT2D eigenvalue weighted by Crippen LogP contribution is -2.41. The molecule has 9 nitrogen and oxygen atoms in total. The minimum Gasteiger partial charge on any atom is -0.475 e. The SMILES string of the molecule is CC(C)(C)c1cc2c(cc1Cl)C=C(C(=O)OCOC(=O)OCCCONO)C(C(F)(F)F)O2. The zero-order valence-electron chi connectivity index (χ0n) is 18.0. The molecule has 1 atom stereocenters. The van der Waals surface area contributed by atoms with Gasteiger partial charge in [-0.25, -0.2) is 9.59 Å². The summed E-state index contributed by atoms with van der Waals surface area (Å²) in [6.07, 6.45) is -7.54. The van der Waals surface area contributed by atoms with Crippen molar-refractivity contribution in [2.75, 3.05) is 20.0 Å². The summed E-state index contributed by atoms with van der Waals surface area (Å²) < 4.78 is 59.7. The van der Waals surface area contributed by atoms with E-state index in [0.29, 0.717) is 10.6 Å². The highest BCUT2D eigenvalue weighted by Gasteiger charge is 2.49. The van der Waals surface area contributed by atoms with E-state index in [-0.39, 0.29) is 30.9 Å². The van der Waals surface area contributed by atoms with Crippen molar-refractivity contribution in [2.24, 2.45) is 0 Å². The summed E-state index contributed by atoms with van der Waals surface area (Å²) in [7, 11) is 0. The first-order valence-electron chi connectivity index (χ1n) is 9.61. The number of benzene rings is 1. The Morgan fingerprint density at radius 2 is 1.85 bits per heavy atom. The van der Waals surface area contributed by atoms with Crippen LogP contribution in [0.25, 0.3) is 6.08 Å². The van der Waals surface area contributed by atoms with Crippen LogP contribution in [0.1, 0.15) is 38.3 Å². The standard InChI is InChI=1S/C20H23ClF3NO8/c1-19(2,3)13-9-15-11(8-14(13)21)7-12(16(33-15)20(22,23)24)17(26)30-10-31-18(27)29-5-4-6-32-25-28/h7-9,16,25,28H,4-6,10H2,1-3H3. The number of alkyl halides is 3. The number of nitrogens with one attached hydrogen (secondary N) is 1. The molecule has 0 fully saturated rings. The van der Waals surface area contributed by atoms with E-state index in [2.05, 4.69) is 19.0 Å². The van der Waals surface area contributed by atoms with Gasteiger partial charge in [0.1, 0.15) is 5.75 Å². The quantitative estimate of drug-likeness (QED) is 0.235. The maximum atomic E-state index is 13.6. The van der Waals surface area contributed by atoms with Crippen molar-refractivity contribution in [1.82, 2.24) is 5.64 Å². The minimum atomic E-state index is -4.92. The van der Waals surface area contributed by atoms with Gasteiger partial charge in [0, 0.05) is 17.0 Å². The molecule has 0 aliphatic carbocycles. The highest BCUT2D eigenvalue weighted by atomic mass is 35.5. The van der Waals surface area contributed by atoms with E-state index in [1.807, 2.05) is 20.8 Å². The second kappa shape index (κ2) is 11.1. The molecule has 1 aromatic rings. The molecule has 1 aliphatic rings. The Morgan fingerprint density at radius 1 is 1.15 bits per heavy atom. The number of rotatable bonds is 8. The fourth-order valence-corrected chi connectivity index (χ4v) is 3.25. The number of esters is 1. The average Bonchev–Trinajstić information content (AvgIpc) is 2.70. The van der Waals surface area contributed by atoms with Crippen LogP contribution in [0.3, 0.4) is 0 Å². The summed E-state index contributed by atoms with van der Waals surface area (Å²) >= 11 is 6.27. The Labute approximate surface area is 192 Å². The molecule has 13 heteroatoms. The minimum absolute atomic E-state index is 0.0223. The van der Waals surface area contributed by atoms with E-state index in [9.17, 15) is 22.8 Å². The molecular formula is C20H23ClF3NO8. The zero-order valence-corrected chi connectivity index (χ0v) is 18.7. The summed E-state index contributed by atoms with van der Waals surface area (Å²) in [5, 5.41) is 8.48. The van der Waals surface area contributed by atoms with Crippen LogP contribution in [0.4, 0.5) is 18.0 Å². The highest BCUT2D eigenvalue weighted by molar-refractivity contribution is 6.31. The van der Waals surface area contributed by atoms with E-state index in [1.165, 1.54) is 17.8 Å². The van der Waals surface area contributed by atoms with Gasteiger partial charge in [0.05, 0.1) is 18.8 Å². The largest absolute Gasteiger partial charge is 0.511 e. The number of hydrogen-bond donors (Lipinski definition) is 2. The Hall–Kier alpha value is -2.54. The third-order valence-corrected chi connectivity index (χ3v) is 4.63. The first-order valence-corrected chi connectivity index (χ1v) is 9.99. The van der Waals surface area contributed by atoms with Gasteiger partial charge in [0.15, 0.2) is 0 Å². The fraction of sp³-hybridized carbons (Fsp3) is 0.500. The van der Waals surface area contributed by atoms with Crippen LogP contribution in [0, 0.1) is 0 Å². The molecule has 1 aromatic carbocycles. The van der Waals surface area contributed by atoms with Crippen LogP contribution in [-0.2, 0) is 29.3 Å². The van der Waals surface area contributed by atoms with Crippen molar-refractivity contribution in [3.63, 3.8) is 0 Å². The van der Waals surface area contributed by atoms with Crippen molar-refractivity contribution in [2.45, 2.75) is 44.9 Å². The summed E-state index contributed by atoms with van der Waals surface area (Å²) in [5.41, 5.74) is 0.889. The average molecular weight is 498 g/mol. The number of ether oxygens (including phenoxy) is 4. The van der Waals surface area contributed by atoms with E-state index in [0.717, 1.165) is 6.08 Å². The normalized spacial score (nSPS) is 15.8. The van der Waals surface area contributed by atoms with Gasteiger partial charge in [-0.3, -0.25) is 10.0 Å². The molecule has 0 bridgehead atoms. The van der Waals surface area contributed by atoms with Crippen molar-refractivity contribution in [3.05, 3.63) is 33.9 Å². The second-order valence-electron chi connectivity index (χ2n) is 7.84. The van der Waals surface area contributed by atoms with Crippen molar-refractivity contribution in [3.8, 4) is 5.75 Å². The Balaban J connectivity index is 2.09. The van der Waals surface area contributed by atoms with Gasteiger partial charge < -0.3 is 18.9 Å². The number of carbonyl (C=O) groups excluding carboxylic acids is 2. The Bertz CT molecular complexity index is 899. The lowest BCUT2D eigenvalue weighted by Gasteiger charge is -2.30. The van der Waals surface area contributed by atoms with E-state index >= 15 is 0 Å². The predicted molar refractivity (Wildman–Crippen MR) is 107 cm³/mol. The zero-order chi connectivity index (χ0) is 24.8. The lowest BCUT2D eigenvalue weighted by molar-refractivity contribution is -0.189. The molecule has 0 aromatic heterocycles. The molecule has 0 amide bonds.